The Balaban J connectivity index is 1.69. The van der Waals surface area contributed by atoms with Crippen molar-refractivity contribution in [3.63, 3.8) is 0 Å². The molecule has 1 aliphatic rings. The number of hydrogen-bond acceptors (Lipinski definition) is 6. The van der Waals surface area contributed by atoms with E-state index in [1.165, 1.54) is 12.1 Å². The number of nitrogens with one attached hydrogen (secondary N) is 1. The monoisotopic (exact) mass is 359 g/mol. The Hall–Kier alpha value is -2.25. The molecule has 0 spiro atoms. The Kier molecular flexibility index (Phi) is 6.35. The van der Waals surface area contributed by atoms with Crippen LogP contribution in [0.4, 0.5) is 16.2 Å². The minimum atomic E-state index is -0.219. The van der Waals surface area contributed by atoms with Gasteiger partial charge in [0.2, 0.25) is 5.95 Å². The molecule has 1 fully saturated rings. The Bertz CT molecular complexity index is 697. The minimum Gasteiger partial charge on any atom is -0.396 e. The summed E-state index contributed by atoms with van der Waals surface area (Å²) < 4.78 is 13.1. The molecule has 7 heteroatoms. The number of halogens is 1. The topological polar surface area (TPSA) is 64.5 Å². The van der Waals surface area contributed by atoms with Crippen LogP contribution in [-0.2, 0) is 6.54 Å². The van der Waals surface area contributed by atoms with Gasteiger partial charge in [0.1, 0.15) is 11.6 Å². The Labute approximate surface area is 153 Å². The first-order valence-corrected chi connectivity index (χ1v) is 9.11. The van der Waals surface area contributed by atoms with Gasteiger partial charge in [-0.05, 0) is 37.1 Å². The number of nitrogens with zero attached hydrogens (tertiary/aromatic N) is 4. The maximum Gasteiger partial charge on any atom is 0.227 e. The van der Waals surface area contributed by atoms with Crippen molar-refractivity contribution in [2.45, 2.75) is 25.9 Å². The van der Waals surface area contributed by atoms with Gasteiger partial charge in [-0.2, -0.15) is 4.98 Å². The lowest BCUT2D eigenvalue weighted by Crippen LogP contribution is -2.53. The molecule has 0 radical (unpaired) electrons. The normalized spacial score (nSPS) is 18.1. The van der Waals surface area contributed by atoms with Crippen molar-refractivity contribution >= 4 is 11.8 Å². The number of anilines is 2. The van der Waals surface area contributed by atoms with Crippen LogP contribution in [-0.4, -0.2) is 58.8 Å². The second-order valence-electron chi connectivity index (χ2n) is 6.48. The molecular formula is C19H26FN5O. The maximum absolute atomic E-state index is 13.1. The minimum absolute atomic E-state index is 0.136. The van der Waals surface area contributed by atoms with Gasteiger partial charge in [0, 0.05) is 51.6 Å². The molecule has 0 saturated carbocycles. The maximum atomic E-state index is 13.1. The number of benzene rings is 1. The third kappa shape index (κ3) is 4.68. The molecule has 3 rings (SSSR count). The molecule has 1 atom stereocenters. The van der Waals surface area contributed by atoms with Gasteiger partial charge < -0.3 is 15.3 Å². The quantitative estimate of drug-likeness (QED) is 0.790. The van der Waals surface area contributed by atoms with Crippen molar-refractivity contribution in [2.75, 3.05) is 43.0 Å². The lowest BCUT2D eigenvalue weighted by Gasteiger charge is -2.41. The van der Waals surface area contributed by atoms with E-state index in [0.717, 1.165) is 44.1 Å². The predicted octanol–water partition coefficient (Wildman–Crippen LogP) is 2.12. The molecule has 26 heavy (non-hydrogen) atoms. The highest BCUT2D eigenvalue weighted by molar-refractivity contribution is 5.41. The van der Waals surface area contributed by atoms with Gasteiger partial charge in [-0.3, -0.25) is 4.90 Å². The van der Waals surface area contributed by atoms with Gasteiger partial charge in [-0.25, -0.2) is 9.37 Å². The van der Waals surface area contributed by atoms with Crippen molar-refractivity contribution in [3.05, 3.63) is 47.9 Å². The van der Waals surface area contributed by atoms with E-state index in [-0.39, 0.29) is 18.5 Å². The summed E-state index contributed by atoms with van der Waals surface area (Å²) in [5.74, 6) is 1.32. The van der Waals surface area contributed by atoms with Gasteiger partial charge in [-0.15, -0.1) is 0 Å². The zero-order valence-electron chi connectivity index (χ0n) is 15.1. The second-order valence-corrected chi connectivity index (χ2v) is 6.48. The summed E-state index contributed by atoms with van der Waals surface area (Å²) in [7, 11) is 0. The average molecular weight is 359 g/mol. The summed E-state index contributed by atoms with van der Waals surface area (Å²) in [6.07, 6.45) is 2.46. The highest BCUT2D eigenvalue weighted by Gasteiger charge is 2.28. The van der Waals surface area contributed by atoms with Crippen LogP contribution in [0.3, 0.4) is 0 Å². The molecule has 6 nitrogen and oxygen atoms in total. The van der Waals surface area contributed by atoms with Crippen LogP contribution in [0.2, 0.25) is 0 Å². The van der Waals surface area contributed by atoms with E-state index in [1.54, 1.807) is 6.20 Å². The summed E-state index contributed by atoms with van der Waals surface area (Å²) in [6.45, 7) is 6.16. The van der Waals surface area contributed by atoms with Crippen molar-refractivity contribution < 1.29 is 9.50 Å². The molecule has 2 aromatic rings. The lowest BCUT2D eigenvalue weighted by atomic mass is 10.1. The molecule has 0 unspecified atom stereocenters. The number of piperazine rings is 1. The molecule has 140 valence electrons. The van der Waals surface area contributed by atoms with Gasteiger partial charge in [0.05, 0.1) is 0 Å². The van der Waals surface area contributed by atoms with E-state index in [2.05, 4.69) is 25.1 Å². The van der Waals surface area contributed by atoms with Crippen molar-refractivity contribution in [2.24, 2.45) is 0 Å². The third-order valence-electron chi connectivity index (χ3n) is 4.65. The van der Waals surface area contributed by atoms with Crippen molar-refractivity contribution in [1.82, 2.24) is 14.9 Å². The molecule has 1 aliphatic heterocycles. The smallest absolute Gasteiger partial charge is 0.227 e. The number of rotatable bonds is 7. The summed E-state index contributed by atoms with van der Waals surface area (Å²) in [4.78, 5) is 13.5. The Morgan fingerprint density at radius 1 is 1.23 bits per heavy atom. The van der Waals surface area contributed by atoms with Gasteiger partial charge in [-0.1, -0.05) is 12.1 Å². The molecule has 1 saturated heterocycles. The number of aromatic nitrogens is 2. The molecular weight excluding hydrogens is 333 g/mol. The van der Waals surface area contributed by atoms with Crippen LogP contribution in [0, 0.1) is 5.82 Å². The molecule has 2 heterocycles. The summed E-state index contributed by atoms with van der Waals surface area (Å²) >= 11 is 0. The third-order valence-corrected chi connectivity index (χ3v) is 4.65. The summed E-state index contributed by atoms with van der Waals surface area (Å²) in [5.41, 5.74) is 1.08. The van der Waals surface area contributed by atoms with E-state index < -0.39 is 0 Å². The first-order chi connectivity index (χ1) is 12.7. The van der Waals surface area contributed by atoms with Crippen molar-refractivity contribution in [3.8, 4) is 0 Å². The number of hydrogen-bond donors (Lipinski definition) is 2. The number of aliphatic hydroxyl groups is 1. The van der Waals surface area contributed by atoms with E-state index in [1.807, 2.05) is 25.1 Å². The van der Waals surface area contributed by atoms with E-state index in [0.29, 0.717) is 12.4 Å². The zero-order chi connectivity index (χ0) is 18.4. The first-order valence-electron chi connectivity index (χ1n) is 9.11. The van der Waals surface area contributed by atoms with Crippen LogP contribution in [0.5, 0.6) is 0 Å². The van der Waals surface area contributed by atoms with Gasteiger partial charge in [0.25, 0.3) is 0 Å². The molecule has 1 aromatic heterocycles. The average Bonchev–Trinajstić information content (AvgIpc) is 2.66. The highest BCUT2D eigenvalue weighted by Crippen LogP contribution is 2.20. The fraction of sp³-hybridized carbons (Fsp3) is 0.474. The zero-order valence-corrected chi connectivity index (χ0v) is 15.1. The molecule has 2 N–H and O–H groups in total. The van der Waals surface area contributed by atoms with E-state index >= 15 is 0 Å². The lowest BCUT2D eigenvalue weighted by molar-refractivity contribution is 0.135. The highest BCUT2D eigenvalue weighted by atomic mass is 19.1. The second kappa shape index (κ2) is 8.91. The SMILES string of the molecule is CCNc1ccnc(N2CCN(Cc3ccc(F)cc3)[C@@H](CCO)C2)n1. The summed E-state index contributed by atoms with van der Waals surface area (Å²) in [5, 5.41) is 12.7. The van der Waals surface area contributed by atoms with E-state index in [4.69, 9.17) is 0 Å². The van der Waals surface area contributed by atoms with Crippen LogP contribution >= 0.6 is 0 Å². The van der Waals surface area contributed by atoms with Gasteiger partial charge >= 0.3 is 0 Å². The van der Waals surface area contributed by atoms with Crippen molar-refractivity contribution in [1.29, 1.82) is 0 Å². The van der Waals surface area contributed by atoms with Crippen LogP contribution in [0.25, 0.3) is 0 Å². The molecule has 0 amide bonds. The Morgan fingerprint density at radius 2 is 2.04 bits per heavy atom. The first kappa shape index (κ1) is 18.5. The summed E-state index contributed by atoms with van der Waals surface area (Å²) in [6, 6.07) is 8.69. The molecule has 0 bridgehead atoms. The van der Waals surface area contributed by atoms with Gasteiger partial charge in [0.15, 0.2) is 0 Å². The van der Waals surface area contributed by atoms with Crippen LogP contribution in [0.1, 0.15) is 18.9 Å². The molecule has 1 aromatic carbocycles. The van der Waals surface area contributed by atoms with Crippen LogP contribution < -0.4 is 10.2 Å². The number of aliphatic hydroxyl groups excluding tert-OH is 1. The standard InChI is InChI=1S/C19H26FN5O/c1-2-21-18-7-9-22-19(23-18)25-11-10-24(17(14-25)8-12-26)13-15-3-5-16(20)6-4-15/h3-7,9,17,26H,2,8,10-14H2,1H3,(H,21,22,23)/t17-/m0/s1. The van der Waals surface area contributed by atoms with E-state index in [9.17, 15) is 9.50 Å². The fourth-order valence-electron chi connectivity index (χ4n) is 3.31. The molecule has 0 aliphatic carbocycles. The predicted molar refractivity (Wildman–Crippen MR) is 101 cm³/mol. The fourth-order valence-corrected chi connectivity index (χ4v) is 3.31. The largest absolute Gasteiger partial charge is 0.396 e. The van der Waals surface area contributed by atoms with Crippen LogP contribution in [0.15, 0.2) is 36.5 Å². The Morgan fingerprint density at radius 3 is 2.77 bits per heavy atom.